The van der Waals surface area contributed by atoms with E-state index >= 15 is 0 Å². The van der Waals surface area contributed by atoms with E-state index in [1.54, 1.807) is 12.1 Å². The number of amides is 1. The molecule has 0 aliphatic carbocycles. The number of aromatic nitrogens is 1. The zero-order valence-corrected chi connectivity index (χ0v) is 11.0. The summed E-state index contributed by atoms with van der Waals surface area (Å²) in [7, 11) is 0. The Kier molecular flexibility index (Phi) is 3.58. The van der Waals surface area contributed by atoms with Crippen molar-refractivity contribution < 1.29 is 4.79 Å². The Morgan fingerprint density at radius 1 is 1.18 bits per heavy atom. The maximum atomic E-state index is 11.8. The first-order valence-electron chi connectivity index (χ1n) is 4.93. The summed E-state index contributed by atoms with van der Waals surface area (Å²) < 4.78 is 1.12. The minimum absolute atomic E-state index is 0.244. The molecule has 1 aromatic carbocycles. The number of pyridine rings is 1. The van der Waals surface area contributed by atoms with Crippen LogP contribution in [-0.2, 0) is 0 Å². The average Bonchev–Trinajstić information content (AvgIpc) is 2.33. The molecule has 0 saturated carbocycles. The molecule has 1 heterocycles. The van der Waals surface area contributed by atoms with Crippen molar-refractivity contribution in [2.75, 3.05) is 11.1 Å². The number of hydrogen-bond acceptors (Lipinski definition) is 3. The lowest BCUT2D eigenvalue weighted by Gasteiger charge is -2.04. The number of hydrogen-bond donors (Lipinski definition) is 2. The van der Waals surface area contributed by atoms with Crippen molar-refractivity contribution >= 4 is 39.9 Å². The van der Waals surface area contributed by atoms with Gasteiger partial charge in [0.1, 0.15) is 5.69 Å². The van der Waals surface area contributed by atoms with E-state index in [0.717, 1.165) is 9.26 Å². The van der Waals surface area contributed by atoms with Gasteiger partial charge in [-0.05, 0) is 59.0 Å². The lowest BCUT2D eigenvalue weighted by molar-refractivity contribution is 0.102. The van der Waals surface area contributed by atoms with Crippen LogP contribution in [-0.4, -0.2) is 10.9 Å². The molecule has 0 unspecified atom stereocenters. The topological polar surface area (TPSA) is 68.0 Å². The molecule has 0 fully saturated rings. The molecular weight excluding hydrogens is 329 g/mol. The van der Waals surface area contributed by atoms with Crippen LogP contribution in [0, 0.1) is 3.57 Å². The molecule has 0 atom stereocenters. The molecule has 3 N–H and O–H groups in total. The van der Waals surface area contributed by atoms with Crippen LogP contribution in [0.4, 0.5) is 11.4 Å². The molecule has 86 valence electrons. The Bertz CT molecular complexity index is 522. The van der Waals surface area contributed by atoms with Gasteiger partial charge in [-0.25, -0.2) is 4.98 Å². The first-order valence-corrected chi connectivity index (χ1v) is 6.01. The molecule has 0 spiro atoms. The molecule has 17 heavy (non-hydrogen) atoms. The van der Waals surface area contributed by atoms with E-state index in [2.05, 4.69) is 32.9 Å². The second-order valence-electron chi connectivity index (χ2n) is 3.44. The molecule has 0 radical (unpaired) electrons. The van der Waals surface area contributed by atoms with Crippen LogP contribution in [0.3, 0.4) is 0 Å². The number of anilines is 2. The van der Waals surface area contributed by atoms with Crippen LogP contribution in [0.1, 0.15) is 10.5 Å². The van der Waals surface area contributed by atoms with Gasteiger partial charge < -0.3 is 11.1 Å². The van der Waals surface area contributed by atoms with E-state index < -0.39 is 0 Å². The number of carbonyl (C=O) groups is 1. The van der Waals surface area contributed by atoms with Crippen molar-refractivity contribution in [2.45, 2.75) is 0 Å². The summed E-state index contributed by atoms with van der Waals surface area (Å²) in [5.41, 5.74) is 7.13. The molecule has 0 bridgehead atoms. The highest BCUT2D eigenvalue weighted by atomic mass is 127. The normalized spacial score (nSPS) is 9.94. The summed E-state index contributed by atoms with van der Waals surface area (Å²) in [6.45, 7) is 0. The molecule has 0 aliphatic heterocycles. The zero-order valence-electron chi connectivity index (χ0n) is 8.85. The number of nitrogens with two attached hydrogens (primary N) is 1. The van der Waals surface area contributed by atoms with E-state index in [4.69, 9.17) is 5.73 Å². The number of rotatable bonds is 2. The van der Waals surface area contributed by atoms with E-state index in [-0.39, 0.29) is 5.91 Å². The summed E-state index contributed by atoms with van der Waals surface area (Å²) in [5, 5.41) is 2.76. The molecule has 5 heteroatoms. The van der Waals surface area contributed by atoms with Crippen LogP contribution in [0.5, 0.6) is 0 Å². The van der Waals surface area contributed by atoms with Crippen molar-refractivity contribution in [3.05, 3.63) is 51.9 Å². The van der Waals surface area contributed by atoms with Crippen LogP contribution in [0.2, 0.25) is 0 Å². The Morgan fingerprint density at radius 2 is 1.88 bits per heavy atom. The first kappa shape index (κ1) is 11.8. The highest BCUT2D eigenvalue weighted by Crippen LogP contribution is 2.12. The predicted octanol–water partition coefficient (Wildman–Crippen LogP) is 2.52. The van der Waals surface area contributed by atoms with Gasteiger partial charge in [0.15, 0.2) is 0 Å². The summed E-state index contributed by atoms with van der Waals surface area (Å²) in [6.07, 6.45) is 1.46. The summed E-state index contributed by atoms with van der Waals surface area (Å²) in [4.78, 5) is 15.7. The number of carbonyl (C=O) groups excluding carboxylic acids is 1. The van der Waals surface area contributed by atoms with E-state index in [1.165, 1.54) is 6.20 Å². The zero-order chi connectivity index (χ0) is 12.3. The van der Waals surface area contributed by atoms with Crippen molar-refractivity contribution in [1.29, 1.82) is 0 Å². The largest absolute Gasteiger partial charge is 0.397 e. The molecule has 1 amide bonds. The van der Waals surface area contributed by atoms with Gasteiger partial charge >= 0.3 is 0 Å². The van der Waals surface area contributed by atoms with Crippen LogP contribution in [0.25, 0.3) is 0 Å². The third-order valence-electron chi connectivity index (χ3n) is 2.12. The van der Waals surface area contributed by atoms with Gasteiger partial charge in [-0.15, -0.1) is 0 Å². The van der Waals surface area contributed by atoms with Crippen molar-refractivity contribution in [3.8, 4) is 0 Å². The summed E-state index contributed by atoms with van der Waals surface area (Å²) in [5.74, 6) is -0.244. The van der Waals surface area contributed by atoms with E-state index in [9.17, 15) is 4.79 Å². The first-order chi connectivity index (χ1) is 8.15. The monoisotopic (exact) mass is 339 g/mol. The van der Waals surface area contributed by atoms with Crippen LogP contribution in [0.15, 0.2) is 42.6 Å². The van der Waals surface area contributed by atoms with Gasteiger partial charge in [-0.3, -0.25) is 4.79 Å². The fourth-order valence-electron chi connectivity index (χ4n) is 1.27. The summed E-state index contributed by atoms with van der Waals surface area (Å²) >= 11 is 2.21. The Balaban J connectivity index is 2.11. The number of nitrogen functional groups attached to an aromatic ring is 1. The van der Waals surface area contributed by atoms with Crippen molar-refractivity contribution in [1.82, 2.24) is 4.98 Å². The minimum Gasteiger partial charge on any atom is -0.397 e. The third-order valence-corrected chi connectivity index (χ3v) is 2.84. The Labute approximate surface area is 112 Å². The molecule has 2 aromatic rings. The SMILES string of the molecule is Nc1ccc(C(=O)Nc2ccc(I)cc2)nc1. The van der Waals surface area contributed by atoms with Gasteiger partial charge in [0.2, 0.25) is 0 Å². The number of benzene rings is 1. The van der Waals surface area contributed by atoms with Gasteiger partial charge in [0, 0.05) is 9.26 Å². The molecule has 0 saturated heterocycles. The quantitative estimate of drug-likeness (QED) is 0.827. The van der Waals surface area contributed by atoms with E-state index in [0.29, 0.717) is 11.4 Å². The number of nitrogens with one attached hydrogen (secondary N) is 1. The van der Waals surface area contributed by atoms with Gasteiger partial charge in [0.25, 0.3) is 5.91 Å². The molecule has 4 nitrogen and oxygen atoms in total. The molecule has 2 rings (SSSR count). The van der Waals surface area contributed by atoms with Crippen molar-refractivity contribution in [3.63, 3.8) is 0 Å². The third kappa shape index (κ3) is 3.16. The standard InChI is InChI=1S/C12H10IN3O/c13-8-1-4-10(5-2-8)16-12(17)11-6-3-9(14)7-15-11/h1-7H,14H2,(H,16,17). The van der Waals surface area contributed by atoms with Gasteiger partial charge in [0.05, 0.1) is 11.9 Å². The van der Waals surface area contributed by atoms with Gasteiger partial charge in [-0.1, -0.05) is 0 Å². The predicted molar refractivity (Wildman–Crippen MR) is 75.8 cm³/mol. The highest BCUT2D eigenvalue weighted by molar-refractivity contribution is 14.1. The lowest BCUT2D eigenvalue weighted by atomic mass is 10.3. The van der Waals surface area contributed by atoms with Crippen LogP contribution < -0.4 is 11.1 Å². The second kappa shape index (κ2) is 5.13. The minimum atomic E-state index is -0.244. The van der Waals surface area contributed by atoms with Crippen molar-refractivity contribution in [2.24, 2.45) is 0 Å². The smallest absolute Gasteiger partial charge is 0.274 e. The highest BCUT2D eigenvalue weighted by Gasteiger charge is 2.06. The average molecular weight is 339 g/mol. The summed E-state index contributed by atoms with van der Waals surface area (Å²) in [6, 6.07) is 10.8. The fourth-order valence-corrected chi connectivity index (χ4v) is 1.63. The number of halogens is 1. The Morgan fingerprint density at radius 3 is 2.47 bits per heavy atom. The second-order valence-corrected chi connectivity index (χ2v) is 4.68. The molecule has 0 aliphatic rings. The molecular formula is C12H10IN3O. The van der Waals surface area contributed by atoms with Crippen LogP contribution >= 0.6 is 22.6 Å². The maximum absolute atomic E-state index is 11.8. The fraction of sp³-hybridized carbons (Fsp3) is 0. The maximum Gasteiger partial charge on any atom is 0.274 e. The van der Waals surface area contributed by atoms with Gasteiger partial charge in [-0.2, -0.15) is 0 Å². The lowest BCUT2D eigenvalue weighted by Crippen LogP contribution is -2.13. The molecule has 1 aromatic heterocycles. The van der Waals surface area contributed by atoms with E-state index in [1.807, 2.05) is 24.3 Å². The Hall–Kier alpha value is -1.63. The number of nitrogens with zero attached hydrogens (tertiary/aromatic N) is 1.